The standard InChI is InChI=1S/C17H15BrN2O/c1-10-7-8-14(18)13(9-10)16-15(17(19)21-20-16)12-6-4-3-5-11(12)2/h3-9H,19H2,1-2H3. The quantitative estimate of drug-likeness (QED) is 0.715. The first-order valence-electron chi connectivity index (χ1n) is 6.65. The molecule has 2 N–H and O–H groups in total. The van der Waals surface area contributed by atoms with Crippen LogP contribution in [-0.4, -0.2) is 5.16 Å². The molecule has 0 fully saturated rings. The number of benzene rings is 2. The molecule has 0 atom stereocenters. The van der Waals surface area contributed by atoms with Gasteiger partial charge in [-0.05, 0) is 37.1 Å². The van der Waals surface area contributed by atoms with E-state index in [4.69, 9.17) is 10.3 Å². The van der Waals surface area contributed by atoms with Crippen molar-refractivity contribution < 1.29 is 4.52 Å². The molecular formula is C17H15BrN2O. The molecule has 3 rings (SSSR count). The van der Waals surface area contributed by atoms with Gasteiger partial charge in [-0.3, -0.25) is 0 Å². The fourth-order valence-corrected chi connectivity index (χ4v) is 2.86. The maximum absolute atomic E-state index is 6.02. The number of aromatic nitrogens is 1. The van der Waals surface area contributed by atoms with Gasteiger partial charge in [0.05, 0.1) is 5.56 Å². The monoisotopic (exact) mass is 342 g/mol. The molecule has 0 amide bonds. The van der Waals surface area contributed by atoms with Gasteiger partial charge >= 0.3 is 0 Å². The fourth-order valence-electron chi connectivity index (χ4n) is 2.42. The van der Waals surface area contributed by atoms with Gasteiger partial charge in [0.2, 0.25) is 5.88 Å². The van der Waals surface area contributed by atoms with E-state index in [1.54, 1.807) is 0 Å². The summed E-state index contributed by atoms with van der Waals surface area (Å²) in [4.78, 5) is 0. The number of hydrogen-bond acceptors (Lipinski definition) is 3. The molecule has 0 aliphatic carbocycles. The molecule has 1 aromatic heterocycles. The lowest BCUT2D eigenvalue weighted by atomic mass is 9.97. The van der Waals surface area contributed by atoms with Gasteiger partial charge in [0.1, 0.15) is 5.69 Å². The normalized spacial score (nSPS) is 10.8. The summed E-state index contributed by atoms with van der Waals surface area (Å²) in [7, 11) is 0. The number of nitrogens with two attached hydrogens (primary N) is 1. The summed E-state index contributed by atoms with van der Waals surface area (Å²) in [5.41, 5.74) is 11.9. The van der Waals surface area contributed by atoms with Crippen molar-refractivity contribution in [3.8, 4) is 22.4 Å². The van der Waals surface area contributed by atoms with Crippen LogP contribution in [0.3, 0.4) is 0 Å². The fraction of sp³-hybridized carbons (Fsp3) is 0.118. The summed E-state index contributed by atoms with van der Waals surface area (Å²) in [6, 6.07) is 14.2. The third kappa shape index (κ3) is 2.47. The van der Waals surface area contributed by atoms with E-state index >= 15 is 0 Å². The summed E-state index contributed by atoms with van der Waals surface area (Å²) >= 11 is 3.58. The molecule has 0 aliphatic rings. The minimum Gasteiger partial charge on any atom is -0.367 e. The molecule has 1 heterocycles. The van der Waals surface area contributed by atoms with E-state index < -0.39 is 0 Å². The SMILES string of the molecule is Cc1ccc(Br)c(-c2noc(N)c2-c2ccccc2C)c1. The predicted octanol–water partition coefficient (Wildman–Crippen LogP) is 4.97. The molecule has 3 nitrogen and oxygen atoms in total. The molecule has 4 heteroatoms. The molecular weight excluding hydrogens is 328 g/mol. The van der Waals surface area contributed by atoms with Crippen molar-refractivity contribution in [2.45, 2.75) is 13.8 Å². The summed E-state index contributed by atoms with van der Waals surface area (Å²) in [5, 5.41) is 4.18. The van der Waals surface area contributed by atoms with E-state index in [9.17, 15) is 0 Å². The molecule has 0 unspecified atom stereocenters. The zero-order valence-electron chi connectivity index (χ0n) is 11.9. The summed E-state index contributed by atoms with van der Waals surface area (Å²) in [5.74, 6) is 0.340. The molecule has 3 aromatic rings. The van der Waals surface area contributed by atoms with Crippen LogP contribution in [0.5, 0.6) is 0 Å². The highest BCUT2D eigenvalue weighted by Crippen LogP contribution is 2.40. The Kier molecular flexibility index (Phi) is 3.55. The molecule has 0 radical (unpaired) electrons. The number of rotatable bonds is 2. The predicted molar refractivity (Wildman–Crippen MR) is 89.0 cm³/mol. The van der Waals surface area contributed by atoms with Crippen LogP contribution in [0, 0.1) is 13.8 Å². The number of nitrogen functional groups attached to an aromatic ring is 1. The smallest absolute Gasteiger partial charge is 0.230 e. The zero-order valence-corrected chi connectivity index (χ0v) is 13.4. The Morgan fingerprint density at radius 1 is 1.05 bits per heavy atom. The lowest BCUT2D eigenvalue weighted by Crippen LogP contribution is -1.91. The van der Waals surface area contributed by atoms with Gasteiger partial charge in [0.25, 0.3) is 0 Å². The summed E-state index contributed by atoms with van der Waals surface area (Å²) < 4.78 is 6.23. The van der Waals surface area contributed by atoms with Crippen molar-refractivity contribution in [1.82, 2.24) is 5.16 Å². The maximum atomic E-state index is 6.02. The van der Waals surface area contributed by atoms with E-state index in [1.165, 1.54) is 0 Å². The van der Waals surface area contributed by atoms with Crippen LogP contribution < -0.4 is 5.73 Å². The summed E-state index contributed by atoms with van der Waals surface area (Å²) in [6.45, 7) is 4.10. The average molecular weight is 343 g/mol. The molecule has 106 valence electrons. The first kappa shape index (κ1) is 13.9. The van der Waals surface area contributed by atoms with Crippen LogP contribution >= 0.6 is 15.9 Å². The van der Waals surface area contributed by atoms with Gasteiger partial charge < -0.3 is 10.3 Å². The second-order valence-electron chi connectivity index (χ2n) is 5.07. The van der Waals surface area contributed by atoms with Crippen molar-refractivity contribution in [2.75, 3.05) is 5.73 Å². The number of aryl methyl sites for hydroxylation is 2. The average Bonchev–Trinajstić information content (AvgIpc) is 2.84. The Bertz CT molecular complexity index is 808. The van der Waals surface area contributed by atoms with E-state index in [-0.39, 0.29) is 0 Å². The van der Waals surface area contributed by atoms with Crippen LogP contribution in [0.25, 0.3) is 22.4 Å². The van der Waals surface area contributed by atoms with Crippen LogP contribution in [0.15, 0.2) is 51.5 Å². The maximum Gasteiger partial charge on any atom is 0.230 e. The molecule has 0 saturated heterocycles. The highest BCUT2D eigenvalue weighted by atomic mass is 79.9. The van der Waals surface area contributed by atoms with Crippen LogP contribution in [0.4, 0.5) is 5.88 Å². The number of halogens is 1. The minimum atomic E-state index is 0.340. The second kappa shape index (κ2) is 5.37. The van der Waals surface area contributed by atoms with E-state index in [1.807, 2.05) is 37.3 Å². The molecule has 0 aliphatic heterocycles. The minimum absolute atomic E-state index is 0.340. The molecule has 21 heavy (non-hydrogen) atoms. The lowest BCUT2D eigenvalue weighted by Gasteiger charge is -2.08. The lowest BCUT2D eigenvalue weighted by molar-refractivity contribution is 0.439. The third-order valence-corrected chi connectivity index (χ3v) is 4.20. The van der Waals surface area contributed by atoms with E-state index in [0.29, 0.717) is 5.88 Å². The van der Waals surface area contributed by atoms with E-state index in [0.717, 1.165) is 38.0 Å². The zero-order chi connectivity index (χ0) is 15.0. The number of hydrogen-bond donors (Lipinski definition) is 1. The third-order valence-electron chi connectivity index (χ3n) is 3.51. The molecule has 0 bridgehead atoms. The van der Waals surface area contributed by atoms with Gasteiger partial charge in [-0.1, -0.05) is 57.0 Å². The Morgan fingerprint density at radius 2 is 1.81 bits per heavy atom. The van der Waals surface area contributed by atoms with Crippen molar-refractivity contribution in [3.63, 3.8) is 0 Å². The largest absolute Gasteiger partial charge is 0.367 e. The topological polar surface area (TPSA) is 52.0 Å². The van der Waals surface area contributed by atoms with Crippen molar-refractivity contribution in [3.05, 3.63) is 58.1 Å². The molecule has 0 spiro atoms. The van der Waals surface area contributed by atoms with Gasteiger partial charge in [-0.2, -0.15) is 0 Å². The van der Waals surface area contributed by atoms with E-state index in [2.05, 4.69) is 40.1 Å². The van der Waals surface area contributed by atoms with Gasteiger partial charge in [-0.25, -0.2) is 0 Å². The molecule has 2 aromatic carbocycles. The first-order chi connectivity index (χ1) is 10.1. The van der Waals surface area contributed by atoms with Gasteiger partial charge in [0.15, 0.2) is 0 Å². The van der Waals surface area contributed by atoms with Crippen molar-refractivity contribution in [1.29, 1.82) is 0 Å². The number of nitrogens with zero attached hydrogens (tertiary/aromatic N) is 1. The van der Waals surface area contributed by atoms with Crippen LogP contribution in [0.1, 0.15) is 11.1 Å². The second-order valence-corrected chi connectivity index (χ2v) is 5.92. The van der Waals surface area contributed by atoms with Crippen LogP contribution in [-0.2, 0) is 0 Å². The van der Waals surface area contributed by atoms with Gasteiger partial charge in [-0.15, -0.1) is 0 Å². The first-order valence-corrected chi connectivity index (χ1v) is 7.45. The summed E-state index contributed by atoms with van der Waals surface area (Å²) in [6.07, 6.45) is 0. The highest BCUT2D eigenvalue weighted by molar-refractivity contribution is 9.10. The highest BCUT2D eigenvalue weighted by Gasteiger charge is 2.20. The van der Waals surface area contributed by atoms with Crippen molar-refractivity contribution >= 4 is 21.8 Å². The Labute approximate surface area is 131 Å². The Balaban J connectivity index is 2.27. The molecule has 0 saturated carbocycles. The van der Waals surface area contributed by atoms with Crippen molar-refractivity contribution in [2.24, 2.45) is 0 Å². The Morgan fingerprint density at radius 3 is 2.57 bits per heavy atom. The van der Waals surface area contributed by atoms with Gasteiger partial charge in [0, 0.05) is 10.0 Å². The number of anilines is 1. The van der Waals surface area contributed by atoms with Crippen LogP contribution in [0.2, 0.25) is 0 Å². The Hall–Kier alpha value is -2.07.